The van der Waals surface area contributed by atoms with Crippen LogP contribution in [-0.4, -0.2) is 19.4 Å². The Bertz CT molecular complexity index is 1060. The van der Waals surface area contributed by atoms with Gasteiger partial charge in [0.1, 0.15) is 4.90 Å². The molecule has 1 aromatic heterocycles. The highest BCUT2D eigenvalue weighted by Crippen LogP contribution is 2.36. The third-order valence-electron chi connectivity index (χ3n) is 3.35. The number of hydrogen-bond donors (Lipinski definition) is 2. The second-order valence-electron chi connectivity index (χ2n) is 5.28. The number of carbonyl (C=O) groups is 1. The van der Waals surface area contributed by atoms with Crippen LogP contribution in [0.15, 0.2) is 87.7 Å². The molecule has 0 aliphatic rings. The molecular weight excluding hydrogens is 406 g/mol. The number of amides is 2. The Morgan fingerprint density at radius 3 is 2.41 bits per heavy atom. The van der Waals surface area contributed by atoms with E-state index in [1.165, 1.54) is 24.2 Å². The van der Waals surface area contributed by atoms with Crippen molar-refractivity contribution in [2.45, 2.75) is 14.7 Å². The minimum absolute atomic E-state index is 0.113. The summed E-state index contributed by atoms with van der Waals surface area (Å²) in [6, 6.07) is 16.3. The Balaban J connectivity index is 1.82. The molecule has 0 bridgehead atoms. The van der Waals surface area contributed by atoms with Crippen molar-refractivity contribution in [1.82, 2.24) is 9.71 Å². The van der Waals surface area contributed by atoms with Crippen LogP contribution in [0.25, 0.3) is 0 Å². The van der Waals surface area contributed by atoms with Crippen molar-refractivity contribution in [3.63, 3.8) is 0 Å². The van der Waals surface area contributed by atoms with Crippen LogP contribution < -0.4 is 10.0 Å². The molecule has 0 fully saturated rings. The molecule has 2 aromatic carbocycles. The molecule has 2 N–H and O–H groups in total. The molecule has 0 aliphatic carbocycles. The first-order valence-corrected chi connectivity index (χ1v) is 10.4. The van der Waals surface area contributed by atoms with E-state index in [4.69, 9.17) is 11.6 Å². The number of nitrogens with zero attached hydrogens (tertiary/aromatic N) is 1. The van der Waals surface area contributed by atoms with Gasteiger partial charge in [-0.25, -0.2) is 17.9 Å². The van der Waals surface area contributed by atoms with Crippen LogP contribution >= 0.6 is 23.4 Å². The largest absolute Gasteiger partial charge is 0.333 e. The van der Waals surface area contributed by atoms with E-state index < -0.39 is 16.1 Å². The average Bonchev–Trinajstić information content (AvgIpc) is 2.64. The Hall–Kier alpha value is -2.55. The zero-order chi connectivity index (χ0) is 19.3. The summed E-state index contributed by atoms with van der Waals surface area (Å²) in [5.41, 5.74) is 0.474. The van der Waals surface area contributed by atoms with Gasteiger partial charge in [-0.3, -0.25) is 4.98 Å². The summed E-state index contributed by atoms with van der Waals surface area (Å²) in [7, 11) is -4.13. The zero-order valence-corrected chi connectivity index (χ0v) is 16.2. The maximum absolute atomic E-state index is 12.7. The molecule has 0 aliphatic heterocycles. The van der Waals surface area contributed by atoms with E-state index in [9.17, 15) is 13.2 Å². The number of halogens is 1. The summed E-state index contributed by atoms with van der Waals surface area (Å²) in [6.07, 6.45) is 2.67. The van der Waals surface area contributed by atoms with Crippen LogP contribution in [0, 0.1) is 0 Å². The molecule has 0 spiro atoms. The predicted molar refractivity (Wildman–Crippen MR) is 106 cm³/mol. The Morgan fingerprint density at radius 1 is 0.963 bits per heavy atom. The first-order chi connectivity index (χ1) is 13.0. The van der Waals surface area contributed by atoms with E-state index in [2.05, 4.69) is 10.3 Å². The Labute approximate surface area is 166 Å². The highest BCUT2D eigenvalue weighted by atomic mass is 35.5. The molecule has 27 heavy (non-hydrogen) atoms. The first kappa shape index (κ1) is 19.2. The summed E-state index contributed by atoms with van der Waals surface area (Å²) < 4.78 is 27.3. The third-order valence-corrected chi connectivity index (χ3v) is 6.43. The summed E-state index contributed by atoms with van der Waals surface area (Å²) in [4.78, 5) is 16.9. The summed E-state index contributed by atoms with van der Waals surface area (Å²) in [5.74, 6) is 0. The number of hydrogen-bond acceptors (Lipinski definition) is 5. The van der Waals surface area contributed by atoms with Gasteiger partial charge in [0.15, 0.2) is 0 Å². The van der Waals surface area contributed by atoms with Crippen molar-refractivity contribution < 1.29 is 13.2 Å². The molecule has 0 saturated carbocycles. The fourth-order valence-electron chi connectivity index (χ4n) is 2.15. The molecule has 2 amide bonds. The molecule has 0 atom stereocenters. The van der Waals surface area contributed by atoms with Crippen molar-refractivity contribution in [2.24, 2.45) is 0 Å². The Morgan fingerprint density at radius 2 is 1.67 bits per heavy atom. The number of pyridine rings is 1. The van der Waals surface area contributed by atoms with Gasteiger partial charge in [0.25, 0.3) is 10.0 Å². The summed E-state index contributed by atoms with van der Waals surface area (Å²) in [6.45, 7) is 0. The Kier molecular flexibility index (Phi) is 6.00. The number of aromatic nitrogens is 1. The summed E-state index contributed by atoms with van der Waals surface area (Å²) in [5, 5.41) is 2.97. The molecule has 6 nitrogen and oxygen atoms in total. The number of rotatable bonds is 5. The van der Waals surface area contributed by atoms with E-state index >= 15 is 0 Å². The topological polar surface area (TPSA) is 88.2 Å². The van der Waals surface area contributed by atoms with Gasteiger partial charge in [-0.15, -0.1) is 0 Å². The van der Waals surface area contributed by atoms with Gasteiger partial charge in [-0.05, 0) is 30.3 Å². The zero-order valence-electron chi connectivity index (χ0n) is 13.8. The van der Waals surface area contributed by atoms with Gasteiger partial charge in [-0.2, -0.15) is 0 Å². The molecule has 9 heteroatoms. The van der Waals surface area contributed by atoms with E-state index in [-0.39, 0.29) is 4.90 Å². The second kappa shape index (κ2) is 8.43. The molecule has 3 rings (SSSR count). The van der Waals surface area contributed by atoms with Crippen molar-refractivity contribution in [3.8, 4) is 0 Å². The van der Waals surface area contributed by atoms with Gasteiger partial charge in [0.05, 0.1) is 5.02 Å². The second-order valence-corrected chi connectivity index (χ2v) is 8.42. The monoisotopic (exact) mass is 419 g/mol. The van der Waals surface area contributed by atoms with Crippen molar-refractivity contribution in [3.05, 3.63) is 78.1 Å². The summed E-state index contributed by atoms with van der Waals surface area (Å²) >= 11 is 7.33. The fourth-order valence-corrected chi connectivity index (χ4v) is 4.63. The van der Waals surface area contributed by atoms with Crippen LogP contribution in [0.2, 0.25) is 5.02 Å². The van der Waals surface area contributed by atoms with Gasteiger partial charge >= 0.3 is 6.03 Å². The maximum atomic E-state index is 12.7. The van der Waals surface area contributed by atoms with Crippen molar-refractivity contribution >= 4 is 45.1 Å². The van der Waals surface area contributed by atoms with Crippen LogP contribution in [0.4, 0.5) is 10.5 Å². The fraction of sp³-hybridized carbons (Fsp3) is 0. The number of urea groups is 1. The lowest BCUT2D eigenvalue weighted by Crippen LogP contribution is -2.34. The van der Waals surface area contributed by atoms with Crippen LogP contribution in [0.1, 0.15) is 0 Å². The lowest BCUT2D eigenvalue weighted by Gasteiger charge is -2.12. The molecular formula is C18H14ClN3O3S2. The number of anilines is 1. The normalized spacial score (nSPS) is 11.0. The average molecular weight is 420 g/mol. The van der Waals surface area contributed by atoms with E-state index in [1.54, 1.807) is 60.7 Å². The first-order valence-electron chi connectivity index (χ1n) is 7.71. The van der Waals surface area contributed by atoms with Gasteiger partial charge in [0.2, 0.25) is 0 Å². The molecule has 138 valence electrons. The molecule has 0 radical (unpaired) electrons. The third kappa shape index (κ3) is 5.00. The van der Waals surface area contributed by atoms with Gasteiger partial charge < -0.3 is 5.32 Å². The van der Waals surface area contributed by atoms with Crippen LogP contribution in [-0.2, 0) is 10.0 Å². The quantitative estimate of drug-likeness (QED) is 0.640. The van der Waals surface area contributed by atoms with E-state index in [0.29, 0.717) is 20.5 Å². The van der Waals surface area contributed by atoms with Gasteiger partial charge in [0, 0.05) is 27.9 Å². The van der Waals surface area contributed by atoms with Crippen LogP contribution in [0.5, 0.6) is 0 Å². The molecule has 1 heterocycles. The smallest absolute Gasteiger partial charge is 0.307 e. The number of sulfonamides is 1. The standard InChI is InChI=1S/C18H14ClN3O3S2/c19-14-8-4-5-9-15(14)26-16-10-11-20-12-17(16)27(24,25)22-18(23)21-13-6-2-1-3-7-13/h1-12H,(H2,21,22,23). The van der Waals surface area contributed by atoms with Crippen LogP contribution in [0.3, 0.4) is 0 Å². The van der Waals surface area contributed by atoms with Crippen molar-refractivity contribution in [2.75, 3.05) is 5.32 Å². The number of benzene rings is 2. The number of para-hydroxylation sites is 1. The molecule has 3 aromatic rings. The molecule has 0 unspecified atom stereocenters. The minimum Gasteiger partial charge on any atom is -0.307 e. The highest BCUT2D eigenvalue weighted by Gasteiger charge is 2.22. The van der Waals surface area contributed by atoms with Crippen molar-refractivity contribution in [1.29, 1.82) is 0 Å². The lowest BCUT2D eigenvalue weighted by atomic mass is 10.3. The molecule has 0 saturated heterocycles. The number of carbonyl (C=O) groups excluding carboxylic acids is 1. The van der Waals surface area contributed by atoms with Gasteiger partial charge in [-0.1, -0.05) is 53.7 Å². The lowest BCUT2D eigenvalue weighted by molar-refractivity contribution is 0.256. The SMILES string of the molecule is O=C(Nc1ccccc1)NS(=O)(=O)c1cnccc1Sc1ccccc1Cl. The predicted octanol–water partition coefficient (Wildman–Crippen LogP) is 4.40. The van der Waals surface area contributed by atoms with E-state index in [0.717, 1.165) is 0 Å². The maximum Gasteiger partial charge on any atom is 0.333 e. The number of nitrogens with one attached hydrogen (secondary N) is 2. The minimum atomic E-state index is -4.13. The highest BCUT2D eigenvalue weighted by molar-refractivity contribution is 8.00. The van der Waals surface area contributed by atoms with E-state index in [1.807, 2.05) is 4.72 Å².